The van der Waals surface area contributed by atoms with Crippen LogP contribution in [0.2, 0.25) is 0 Å². The second-order valence-electron chi connectivity index (χ2n) is 8.31. The SMILES string of the molecule is CSC[C@@H](C)N1CCC2(CC1)C(=O)N(C(C)C)C(=O)N2CCc1ccccc1. The Bertz CT molecular complexity index is 686. The smallest absolute Gasteiger partial charge is 0.309 e. The first kappa shape index (κ1) is 21.2. The molecule has 0 saturated carbocycles. The zero-order chi connectivity index (χ0) is 20.3. The molecule has 5 nitrogen and oxygen atoms in total. The molecule has 0 N–H and O–H groups in total. The van der Waals surface area contributed by atoms with Crippen LogP contribution < -0.4 is 0 Å². The number of urea groups is 1. The predicted molar refractivity (Wildman–Crippen MR) is 116 cm³/mol. The molecular weight excluding hydrogens is 370 g/mol. The van der Waals surface area contributed by atoms with Crippen molar-refractivity contribution in [1.82, 2.24) is 14.7 Å². The lowest BCUT2D eigenvalue weighted by Crippen LogP contribution is -2.58. The lowest BCUT2D eigenvalue weighted by atomic mass is 9.85. The van der Waals surface area contributed by atoms with Crippen molar-refractivity contribution in [3.05, 3.63) is 35.9 Å². The fourth-order valence-corrected chi connectivity index (χ4v) is 5.25. The van der Waals surface area contributed by atoms with Gasteiger partial charge in [0, 0.05) is 37.5 Å². The molecule has 1 atom stereocenters. The van der Waals surface area contributed by atoms with Crippen LogP contribution in [0.1, 0.15) is 39.2 Å². The number of amides is 3. The zero-order valence-electron chi connectivity index (χ0n) is 17.6. The molecule has 28 heavy (non-hydrogen) atoms. The normalized spacial score (nSPS) is 21.2. The number of carbonyl (C=O) groups excluding carboxylic acids is 2. The number of likely N-dealkylation sites (tertiary alicyclic amines) is 1. The molecule has 1 spiro atoms. The van der Waals surface area contributed by atoms with Crippen molar-refractivity contribution in [1.29, 1.82) is 0 Å². The number of hydrogen-bond donors (Lipinski definition) is 0. The topological polar surface area (TPSA) is 43.9 Å². The number of nitrogens with zero attached hydrogens (tertiary/aromatic N) is 3. The first-order valence-corrected chi connectivity index (χ1v) is 11.7. The van der Waals surface area contributed by atoms with E-state index < -0.39 is 5.54 Å². The quantitative estimate of drug-likeness (QED) is 0.654. The molecular formula is C22H33N3O2S. The molecule has 6 heteroatoms. The van der Waals surface area contributed by atoms with Crippen molar-refractivity contribution in [2.45, 2.75) is 57.7 Å². The maximum absolute atomic E-state index is 13.4. The van der Waals surface area contributed by atoms with Crippen molar-refractivity contribution in [2.75, 3.05) is 31.6 Å². The maximum atomic E-state index is 13.4. The van der Waals surface area contributed by atoms with Gasteiger partial charge in [0.25, 0.3) is 5.91 Å². The van der Waals surface area contributed by atoms with Gasteiger partial charge >= 0.3 is 6.03 Å². The van der Waals surface area contributed by atoms with E-state index in [1.807, 2.05) is 48.7 Å². The fourth-order valence-electron chi connectivity index (χ4n) is 4.56. The highest BCUT2D eigenvalue weighted by molar-refractivity contribution is 7.98. The van der Waals surface area contributed by atoms with E-state index in [0.717, 1.165) is 38.1 Å². The summed E-state index contributed by atoms with van der Waals surface area (Å²) in [5.41, 5.74) is 0.540. The van der Waals surface area contributed by atoms with Crippen LogP contribution in [0, 0.1) is 0 Å². The average molecular weight is 404 g/mol. The van der Waals surface area contributed by atoms with E-state index in [-0.39, 0.29) is 18.0 Å². The Kier molecular flexibility index (Phi) is 6.71. The van der Waals surface area contributed by atoms with Gasteiger partial charge in [-0.25, -0.2) is 4.79 Å². The van der Waals surface area contributed by atoms with Gasteiger partial charge in [-0.3, -0.25) is 14.6 Å². The van der Waals surface area contributed by atoms with Crippen LogP contribution in [-0.4, -0.2) is 75.9 Å². The number of thioether (sulfide) groups is 1. The highest BCUT2D eigenvalue weighted by atomic mass is 32.2. The summed E-state index contributed by atoms with van der Waals surface area (Å²) in [7, 11) is 0. The average Bonchev–Trinajstić information content (AvgIpc) is 2.88. The molecule has 1 aromatic rings. The molecule has 2 saturated heterocycles. The summed E-state index contributed by atoms with van der Waals surface area (Å²) in [6, 6.07) is 10.5. The van der Waals surface area contributed by atoms with Crippen LogP contribution in [0.3, 0.4) is 0 Å². The number of rotatable bonds is 7. The minimum atomic E-state index is -0.661. The van der Waals surface area contributed by atoms with E-state index in [1.165, 1.54) is 10.5 Å². The number of piperidine rings is 1. The van der Waals surface area contributed by atoms with Gasteiger partial charge in [0.2, 0.25) is 0 Å². The van der Waals surface area contributed by atoms with Crippen molar-refractivity contribution >= 4 is 23.7 Å². The molecule has 0 unspecified atom stereocenters. The van der Waals surface area contributed by atoms with Gasteiger partial charge in [-0.15, -0.1) is 0 Å². The third kappa shape index (κ3) is 3.94. The molecule has 0 radical (unpaired) electrons. The van der Waals surface area contributed by atoms with Crippen LogP contribution in [0.15, 0.2) is 30.3 Å². The molecule has 2 fully saturated rings. The Labute approximate surface area is 173 Å². The zero-order valence-corrected chi connectivity index (χ0v) is 18.4. The number of hydrogen-bond acceptors (Lipinski definition) is 4. The molecule has 154 valence electrons. The van der Waals surface area contributed by atoms with Crippen molar-refractivity contribution in [3.63, 3.8) is 0 Å². The molecule has 0 bridgehead atoms. The second kappa shape index (κ2) is 8.87. The molecule has 3 amide bonds. The lowest BCUT2D eigenvalue weighted by molar-refractivity contribution is -0.136. The summed E-state index contributed by atoms with van der Waals surface area (Å²) in [5, 5.41) is 0. The van der Waals surface area contributed by atoms with Crippen LogP contribution in [0.4, 0.5) is 4.79 Å². The van der Waals surface area contributed by atoms with Crippen molar-refractivity contribution in [2.24, 2.45) is 0 Å². The summed E-state index contributed by atoms with van der Waals surface area (Å²) in [6.07, 6.45) is 4.37. The number of imide groups is 1. The molecule has 0 aromatic heterocycles. The van der Waals surface area contributed by atoms with Crippen LogP contribution >= 0.6 is 11.8 Å². The molecule has 2 heterocycles. The van der Waals surface area contributed by atoms with E-state index in [0.29, 0.717) is 12.6 Å². The lowest BCUT2D eigenvalue weighted by Gasteiger charge is -2.44. The van der Waals surface area contributed by atoms with Crippen LogP contribution in [0.25, 0.3) is 0 Å². The van der Waals surface area contributed by atoms with Crippen molar-refractivity contribution in [3.8, 4) is 0 Å². The standard InChI is InChI=1S/C22H33N3O2S/c1-17(2)25-20(26)22(11-14-23(15-12-22)18(3)16-28-4)24(21(25)27)13-10-19-8-6-5-7-9-19/h5-9,17-18H,10-16H2,1-4H3/t18-/m1/s1. The molecule has 2 aliphatic rings. The highest BCUT2D eigenvalue weighted by Crippen LogP contribution is 2.38. The fraction of sp³-hybridized carbons (Fsp3) is 0.636. The van der Waals surface area contributed by atoms with Gasteiger partial charge in [-0.1, -0.05) is 30.3 Å². The van der Waals surface area contributed by atoms with E-state index in [1.54, 1.807) is 0 Å². The van der Waals surface area contributed by atoms with Gasteiger partial charge in [-0.2, -0.15) is 11.8 Å². The first-order chi connectivity index (χ1) is 13.4. The maximum Gasteiger partial charge on any atom is 0.327 e. The monoisotopic (exact) mass is 403 g/mol. The first-order valence-electron chi connectivity index (χ1n) is 10.3. The minimum Gasteiger partial charge on any atom is -0.309 e. The predicted octanol–water partition coefficient (Wildman–Crippen LogP) is 3.49. The molecule has 1 aromatic carbocycles. The molecule has 0 aliphatic carbocycles. The summed E-state index contributed by atoms with van der Waals surface area (Å²) in [6.45, 7) is 8.45. The van der Waals surface area contributed by atoms with Gasteiger partial charge in [-0.05, 0) is 51.9 Å². The summed E-state index contributed by atoms with van der Waals surface area (Å²) in [4.78, 5) is 32.4. The summed E-state index contributed by atoms with van der Waals surface area (Å²) < 4.78 is 0. The van der Waals surface area contributed by atoms with Gasteiger partial charge < -0.3 is 4.90 Å². The van der Waals surface area contributed by atoms with Gasteiger partial charge in [0.15, 0.2) is 0 Å². The van der Waals surface area contributed by atoms with Gasteiger partial charge in [0.1, 0.15) is 5.54 Å². The van der Waals surface area contributed by atoms with E-state index >= 15 is 0 Å². The highest BCUT2D eigenvalue weighted by Gasteiger charge is 2.58. The van der Waals surface area contributed by atoms with E-state index in [4.69, 9.17) is 0 Å². The largest absolute Gasteiger partial charge is 0.327 e. The van der Waals surface area contributed by atoms with Crippen molar-refractivity contribution < 1.29 is 9.59 Å². The molecule has 2 aliphatic heterocycles. The Balaban J connectivity index is 1.79. The van der Waals surface area contributed by atoms with E-state index in [2.05, 4.69) is 30.2 Å². The Hall–Kier alpha value is -1.53. The van der Waals surface area contributed by atoms with Crippen LogP contribution in [-0.2, 0) is 11.2 Å². The number of benzene rings is 1. The minimum absolute atomic E-state index is 0.0118. The van der Waals surface area contributed by atoms with Crippen LogP contribution in [0.5, 0.6) is 0 Å². The Morgan fingerprint density at radius 2 is 1.71 bits per heavy atom. The van der Waals surface area contributed by atoms with E-state index in [9.17, 15) is 9.59 Å². The number of carbonyl (C=O) groups is 2. The second-order valence-corrected chi connectivity index (χ2v) is 9.22. The van der Waals surface area contributed by atoms with Gasteiger partial charge in [0.05, 0.1) is 0 Å². The Morgan fingerprint density at radius 1 is 1.07 bits per heavy atom. The third-order valence-electron chi connectivity index (χ3n) is 6.21. The third-order valence-corrected chi connectivity index (χ3v) is 7.03. The Morgan fingerprint density at radius 3 is 2.29 bits per heavy atom. The summed E-state index contributed by atoms with van der Waals surface area (Å²) >= 11 is 1.86. The summed E-state index contributed by atoms with van der Waals surface area (Å²) in [5.74, 6) is 1.10. The molecule has 3 rings (SSSR count).